The number of carbonyl (C=O) groups excluding carboxylic acids is 2. The number of hydrogen-bond donors (Lipinski definition) is 2. The Bertz CT molecular complexity index is 1060. The Morgan fingerprint density at radius 1 is 1.17 bits per heavy atom. The molecule has 3 aromatic rings. The van der Waals surface area contributed by atoms with Crippen molar-refractivity contribution in [2.24, 2.45) is 0 Å². The van der Waals surface area contributed by atoms with E-state index in [4.69, 9.17) is 4.74 Å². The summed E-state index contributed by atoms with van der Waals surface area (Å²) in [5, 5.41) is 9.99. The van der Waals surface area contributed by atoms with Gasteiger partial charge < -0.3 is 15.0 Å². The highest BCUT2D eigenvalue weighted by molar-refractivity contribution is 6.01. The molecule has 2 aromatic carbocycles. The van der Waals surface area contributed by atoms with E-state index >= 15 is 0 Å². The van der Waals surface area contributed by atoms with Gasteiger partial charge >= 0.3 is 6.03 Å². The predicted octanol–water partition coefficient (Wildman–Crippen LogP) is 3.24. The van der Waals surface area contributed by atoms with E-state index in [1.807, 2.05) is 43.5 Å². The third-order valence-corrected chi connectivity index (χ3v) is 4.67. The molecule has 3 amide bonds. The van der Waals surface area contributed by atoms with Gasteiger partial charge in [0, 0.05) is 24.5 Å². The molecule has 0 unspecified atom stereocenters. The minimum Gasteiger partial charge on any atom is -0.482 e. The van der Waals surface area contributed by atoms with Gasteiger partial charge in [-0.1, -0.05) is 30.3 Å². The Labute approximate surface area is 168 Å². The molecule has 4 rings (SSSR count). The van der Waals surface area contributed by atoms with Crippen LogP contribution in [0.2, 0.25) is 0 Å². The van der Waals surface area contributed by atoms with Gasteiger partial charge in [-0.15, -0.1) is 0 Å². The largest absolute Gasteiger partial charge is 0.482 e. The summed E-state index contributed by atoms with van der Waals surface area (Å²) in [6.45, 7) is 2.53. The maximum absolute atomic E-state index is 12.4. The number of amides is 3. The number of fused-ring (bicyclic) bond motifs is 1. The van der Waals surface area contributed by atoms with Crippen molar-refractivity contribution in [2.45, 2.75) is 13.5 Å². The number of benzene rings is 2. The number of nitrogens with zero attached hydrogens (tertiary/aromatic N) is 3. The van der Waals surface area contributed by atoms with E-state index in [9.17, 15) is 9.59 Å². The molecule has 0 fully saturated rings. The van der Waals surface area contributed by atoms with E-state index in [1.165, 1.54) is 4.90 Å². The third kappa shape index (κ3) is 4.06. The zero-order valence-corrected chi connectivity index (χ0v) is 16.2. The number of hydrogen-bond acceptors (Lipinski definition) is 4. The number of anilines is 3. The van der Waals surface area contributed by atoms with Crippen LogP contribution in [0.25, 0.3) is 0 Å². The summed E-state index contributed by atoms with van der Waals surface area (Å²) < 4.78 is 7.19. The number of carbonyl (C=O) groups is 2. The zero-order chi connectivity index (χ0) is 20.4. The van der Waals surface area contributed by atoms with Gasteiger partial charge in [-0.2, -0.15) is 5.10 Å². The van der Waals surface area contributed by atoms with Gasteiger partial charge in [-0.25, -0.2) is 4.79 Å². The molecule has 2 N–H and O–H groups in total. The molecule has 0 bridgehead atoms. The van der Waals surface area contributed by atoms with E-state index < -0.39 is 6.03 Å². The smallest absolute Gasteiger partial charge is 0.324 e. The molecule has 29 heavy (non-hydrogen) atoms. The lowest BCUT2D eigenvalue weighted by atomic mass is 10.2. The molecule has 8 nitrogen and oxygen atoms in total. The fraction of sp³-hybridized carbons (Fsp3) is 0.190. The van der Waals surface area contributed by atoms with E-state index in [-0.39, 0.29) is 12.5 Å². The Balaban J connectivity index is 1.43. The average molecular weight is 391 g/mol. The second kappa shape index (κ2) is 7.67. The number of likely N-dealkylation sites (N-methyl/N-ethyl adjacent to an activating group) is 1. The first-order valence-corrected chi connectivity index (χ1v) is 9.19. The van der Waals surface area contributed by atoms with E-state index in [0.29, 0.717) is 29.5 Å². The molecule has 0 radical (unpaired) electrons. The van der Waals surface area contributed by atoms with E-state index in [1.54, 1.807) is 29.9 Å². The summed E-state index contributed by atoms with van der Waals surface area (Å²) >= 11 is 0. The average Bonchev–Trinajstić information content (AvgIpc) is 3.04. The first-order valence-electron chi connectivity index (χ1n) is 9.19. The van der Waals surface area contributed by atoms with Crippen LogP contribution >= 0.6 is 0 Å². The molecule has 1 aromatic heterocycles. The molecule has 2 heterocycles. The van der Waals surface area contributed by atoms with Crippen LogP contribution in [0, 0.1) is 6.92 Å². The normalized spacial score (nSPS) is 12.9. The van der Waals surface area contributed by atoms with Crippen molar-refractivity contribution in [3.05, 3.63) is 65.9 Å². The minimum absolute atomic E-state index is 0.0156. The summed E-state index contributed by atoms with van der Waals surface area (Å²) in [7, 11) is 1.68. The fourth-order valence-electron chi connectivity index (χ4n) is 3.12. The van der Waals surface area contributed by atoms with Gasteiger partial charge in [-0.05, 0) is 30.7 Å². The van der Waals surface area contributed by atoms with Crippen LogP contribution in [0.4, 0.5) is 22.0 Å². The first-order chi connectivity index (χ1) is 14.0. The third-order valence-electron chi connectivity index (χ3n) is 4.67. The van der Waals surface area contributed by atoms with Crippen molar-refractivity contribution in [3.63, 3.8) is 0 Å². The second-order valence-corrected chi connectivity index (χ2v) is 6.85. The molecule has 0 atom stereocenters. The zero-order valence-electron chi connectivity index (χ0n) is 16.2. The van der Waals surface area contributed by atoms with Crippen LogP contribution in [0.1, 0.15) is 11.1 Å². The van der Waals surface area contributed by atoms with Gasteiger partial charge in [0.05, 0.1) is 12.2 Å². The molecule has 0 saturated carbocycles. The van der Waals surface area contributed by atoms with Gasteiger partial charge in [0.15, 0.2) is 12.4 Å². The monoisotopic (exact) mass is 391 g/mol. The number of nitrogens with one attached hydrogen (secondary N) is 2. The molecule has 1 aliphatic heterocycles. The van der Waals surface area contributed by atoms with Gasteiger partial charge in [-0.3, -0.25) is 14.8 Å². The van der Waals surface area contributed by atoms with E-state index in [0.717, 1.165) is 11.1 Å². The maximum atomic E-state index is 12.4. The summed E-state index contributed by atoms with van der Waals surface area (Å²) in [5.74, 6) is 0.958. The van der Waals surface area contributed by atoms with Crippen LogP contribution in [0.15, 0.2) is 54.7 Å². The van der Waals surface area contributed by atoms with Crippen molar-refractivity contribution < 1.29 is 14.3 Å². The van der Waals surface area contributed by atoms with Crippen molar-refractivity contribution in [1.29, 1.82) is 0 Å². The quantitative estimate of drug-likeness (QED) is 0.715. The molecular weight excluding hydrogens is 370 g/mol. The lowest BCUT2D eigenvalue weighted by molar-refractivity contribution is -0.120. The number of urea groups is 1. The van der Waals surface area contributed by atoms with Gasteiger partial charge in [0.25, 0.3) is 5.91 Å². The van der Waals surface area contributed by atoms with E-state index in [2.05, 4.69) is 15.7 Å². The van der Waals surface area contributed by atoms with Gasteiger partial charge in [0.2, 0.25) is 0 Å². The highest BCUT2D eigenvalue weighted by Crippen LogP contribution is 2.33. The van der Waals surface area contributed by atoms with Crippen molar-refractivity contribution in [2.75, 3.05) is 29.2 Å². The number of ether oxygens (including phenoxy) is 1. The van der Waals surface area contributed by atoms with Crippen molar-refractivity contribution in [3.8, 4) is 5.75 Å². The summed E-state index contributed by atoms with van der Waals surface area (Å²) in [6.07, 6.45) is 1.89. The second-order valence-electron chi connectivity index (χ2n) is 6.85. The van der Waals surface area contributed by atoms with Gasteiger partial charge in [0.1, 0.15) is 5.75 Å². The molecular formula is C21H21N5O3. The molecule has 8 heteroatoms. The summed E-state index contributed by atoms with van der Waals surface area (Å²) in [5.41, 5.74) is 3.15. The minimum atomic E-state index is -0.413. The molecule has 148 valence electrons. The molecule has 0 saturated heterocycles. The Hall–Kier alpha value is -3.81. The molecule has 1 aliphatic rings. The predicted molar refractivity (Wildman–Crippen MR) is 110 cm³/mol. The Morgan fingerprint density at radius 3 is 2.76 bits per heavy atom. The summed E-state index contributed by atoms with van der Waals surface area (Å²) in [6, 6.07) is 14.7. The lowest BCUT2D eigenvalue weighted by Crippen LogP contribution is -2.35. The number of aromatic nitrogens is 2. The van der Waals surface area contributed by atoms with Crippen LogP contribution < -0.4 is 20.3 Å². The standard InChI is InChI=1S/C21H21N5O3/c1-14-11-26(12-15-6-4-3-5-7-15)24-20(14)23-21(28)22-16-8-9-18-17(10-16)25(2)19(27)13-29-18/h3-11H,12-13H2,1-2H3,(H2,22,23,24,28). The SMILES string of the molecule is Cc1cn(Cc2ccccc2)nc1NC(=O)Nc1ccc2c(c1)N(C)C(=O)CO2. The first kappa shape index (κ1) is 18.5. The van der Waals surface area contributed by atoms with Crippen LogP contribution in [-0.2, 0) is 11.3 Å². The fourth-order valence-corrected chi connectivity index (χ4v) is 3.12. The maximum Gasteiger partial charge on any atom is 0.324 e. The number of aryl methyl sites for hydroxylation is 1. The summed E-state index contributed by atoms with van der Waals surface area (Å²) in [4.78, 5) is 25.7. The molecule has 0 spiro atoms. The highest BCUT2D eigenvalue weighted by atomic mass is 16.5. The highest BCUT2D eigenvalue weighted by Gasteiger charge is 2.22. The van der Waals surface area contributed by atoms with Crippen LogP contribution in [0.5, 0.6) is 5.75 Å². The lowest BCUT2D eigenvalue weighted by Gasteiger charge is -2.26. The van der Waals surface area contributed by atoms with Crippen molar-refractivity contribution in [1.82, 2.24) is 9.78 Å². The topological polar surface area (TPSA) is 88.5 Å². The Kier molecular flexibility index (Phi) is 4.90. The molecule has 0 aliphatic carbocycles. The van der Waals surface area contributed by atoms with Crippen LogP contribution in [0.3, 0.4) is 0 Å². The van der Waals surface area contributed by atoms with Crippen molar-refractivity contribution >= 4 is 29.1 Å². The number of rotatable bonds is 4. The Morgan fingerprint density at radius 2 is 1.97 bits per heavy atom. The van der Waals surface area contributed by atoms with Crippen LogP contribution in [-0.4, -0.2) is 35.4 Å².